The van der Waals surface area contributed by atoms with E-state index < -0.39 is 6.03 Å². The summed E-state index contributed by atoms with van der Waals surface area (Å²) in [5.41, 5.74) is 10.1. The van der Waals surface area contributed by atoms with Crippen LogP contribution in [0.15, 0.2) is 24.3 Å². The number of hydrogen-bond acceptors (Lipinski definition) is 3. The van der Waals surface area contributed by atoms with E-state index in [2.05, 4.69) is 17.7 Å². The van der Waals surface area contributed by atoms with Gasteiger partial charge in [0.25, 0.3) is 0 Å². The maximum atomic E-state index is 10.6. The number of nitrogens with two attached hydrogens (primary N) is 1. The highest BCUT2D eigenvalue weighted by molar-refractivity contribution is 5.87. The summed E-state index contributed by atoms with van der Waals surface area (Å²) in [6.45, 7) is 2.07. The maximum Gasteiger partial charge on any atom is 0.316 e. The number of benzene rings is 1. The number of rotatable bonds is 4. The first-order chi connectivity index (χ1) is 7.49. The van der Waals surface area contributed by atoms with Crippen molar-refractivity contribution in [2.45, 2.75) is 13.0 Å². The lowest BCUT2D eigenvalue weighted by Crippen LogP contribution is -2.32. The Kier molecular flexibility index (Phi) is 4.28. The van der Waals surface area contributed by atoms with Crippen LogP contribution in [-0.4, -0.2) is 25.1 Å². The van der Waals surface area contributed by atoms with Gasteiger partial charge in [-0.1, -0.05) is 12.1 Å². The van der Waals surface area contributed by atoms with E-state index in [1.165, 1.54) is 0 Å². The van der Waals surface area contributed by atoms with Crippen molar-refractivity contribution in [3.63, 3.8) is 0 Å². The van der Waals surface area contributed by atoms with E-state index in [4.69, 9.17) is 5.73 Å². The molecule has 0 aliphatic carbocycles. The number of nitrogens with one attached hydrogen (secondary N) is 2. The van der Waals surface area contributed by atoms with Crippen LogP contribution < -0.4 is 16.5 Å². The molecule has 88 valence electrons. The zero-order chi connectivity index (χ0) is 12.1. The zero-order valence-electron chi connectivity index (χ0n) is 9.82. The van der Waals surface area contributed by atoms with Crippen LogP contribution in [0.3, 0.4) is 0 Å². The molecular formula is C11H18N4O. The number of carbonyl (C=O) groups is 1. The van der Waals surface area contributed by atoms with E-state index >= 15 is 0 Å². The van der Waals surface area contributed by atoms with E-state index in [0.29, 0.717) is 5.69 Å². The van der Waals surface area contributed by atoms with Crippen LogP contribution >= 0.6 is 0 Å². The molecule has 1 rings (SSSR count). The molecule has 1 aromatic rings. The van der Waals surface area contributed by atoms with Crippen molar-refractivity contribution in [1.82, 2.24) is 10.4 Å². The second-order valence-corrected chi connectivity index (χ2v) is 3.86. The number of hydrogen-bond donors (Lipinski definition) is 3. The van der Waals surface area contributed by atoms with Crippen molar-refractivity contribution in [2.24, 2.45) is 5.73 Å². The lowest BCUT2D eigenvalue weighted by Gasteiger charge is -2.19. The van der Waals surface area contributed by atoms with Crippen LogP contribution in [0.4, 0.5) is 10.5 Å². The summed E-state index contributed by atoms with van der Waals surface area (Å²) in [5.74, 6) is 0. The summed E-state index contributed by atoms with van der Waals surface area (Å²) in [7, 11) is 3.89. The minimum absolute atomic E-state index is 0.220. The van der Waals surface area contributed by atoms with Gasteiger partial charge in [-0.2, -0.15) is 0 Å². The predicted octanol–water partition coefficient (Wildman–Crippen LogP) is 1.30. The molecule has 4 N–H and O–H groups in total. The van der Waals surface area contributed by atoms with Crippen LogP contribution in [0.25, 0.3) is 0 Å². The largest absolute Gasteiger partial charge is 0.351 e. The van der Waals surface area contributed by atoms with Crippen LogP contribution in [0.2, 0.25) is 0 Å². The Morgan fingerprint density at radius 1 is 1.31 bits per heavy atom. The summed E-state index contributed by atoms with van der Waals surface area (Å²) < 4.78 is 0. The van der Waals surface area contributed by atoms with Gasteiger partial charge in [-0.15, -0.1) is 0 Å². The number of amides is 2. The Morgan fingerprint density at radius 3 is 2.31 bits per heavy atom. The number of carbonyl (C=O) groups excluding carboxylic acids is 1. The Hall–Kier alpha value is -1.59. The van der Waals surface area contributed by atoms with E-state index in [0.717, 1.165) is 5.56 Å². The highest BCUT2D eigenvalue weighted by Crippen LogP contribution is 2.15. The average molecular weight is 222 g/mol. The molecule has 16 heavy (non-hydrogen) atoms. The molecule has 1 aromatic carbocycles. The second-order valence-electron chi connectivity index (χ2n) is 3.86. The lowest BCUT2D eigenvalue weighted by molar-refractivity contribution is 0.252. The second kappa shape index (κ2) is 5.48. The molecule has 0 spiro atoms. The Balaban J connectivity index is 2.66. The van der Waals surface area contributed by atoms with Gasteiger partial charge in [0.2, 0.25) is 0 Å². The SMILES string of the molecule is CC(NN(C)C)c1ccc(NC(N)=O)cc1. The minimum atomic E-state index is -0.549. The fraction of sp³-hybridized carbons (Fsp3) is 0.364. The van der Waals surface area contributed by atoms with Crippen molar-refractivity contribution in [2.75, 3.05) is 19.4 Å². The normalized spacial score (nSPS) is 12.5. The first-order valence-corrected chi connectivity index (χ1v) is 5.09. The quantitative estimate of drug-likeness (QED) is 0.673. The minimum Gasteiger partial charge on any atom is -0.351 e. The predicted molar refractivity (Wildman–Crippen MR) is 64.9 cm³/mol. The zero-order valence-corrected chi connectivity index (χ0v) is 9.82. The molecular weight excluding hydrogens is 204 g/mol. The molecule has 1 atom stereocenters. The van der Waals surface area contributed by atoms with Crippen LogP contribution in [-0.2, 0) is 0 Å². The lowest BCUT2D eigenvalue weighted by atomic mass is 10.1. The van der Waals surface area contributed by atoms with Gasteiger partial charge in [0.05, 0.1) is 0 Å². The van der Waals surface area contributed by atoms with Gasteiger partial charge in [-0.25, -0.2) is 10.2 Å². The van der Waals surface area contributed by atoms with E-state index in [9.17, 15) is 4.79 Å². The van der Waals surface area contributed by atoms with Crippen molar-refractivity contribution < 1.29 is 4.79 Å². The molecule has 0 aromatic heterocycles. The molecule has 5 nitrogen and oxygen atoms in total. The number of primary amides is 1. The third-order valence-corrected chi connectivity index (χ3v) is 2.13. The number of anilines is 1. The van der Waals surface area contributed by atoms with Crippen LogP contribution in [0, 0.1) is 0 Å². The molecule has 0 bridgehead atoms. The summed E-state index contributed by atoms with van der Waals surface area (Å²) in [6, 6.07) is 7.23. The Morgan fingerprint density at radius 2 is 1.88 bits per heavy atom. The van der Waals surface area contributed by atoms with Gasteiger partial charge >= 0.3 is 6.03 Å². The first-order valence-electron chi connectivity index (χ1n) is 5.09. The summed E-state index contributed by atoms with van der Waals surface area (Å²) in [5, 5.41) is 4.42. The van der Waals surface area contributed by atoms with Gasteiger partial charge in [0, 0.05) is 25.8 Å². The van der Waals surface area contributed by atoms with Crippen molar-refractivity contribution in [3.8, 4) is 0 Å². The molecule has 2 amide bonds. The first kappa shape index (κ1) is 12.5. The highest BCUT2D eigenvalue weighted by atomic mass is 16.2. The molecule has 0 aliphatic rings. The molecule has 0 saturated carbocycles. The molecule has 1 unspecified atom stereocenters. The van der Waals surface area contributed by atoms with Gasteiger partial charge in [0.1, 0.15) is 0 Å². The topological polar surface area (TPSA) is 70.4 Å². The van der Waals surface area contributed by atoms with Crippen LogP contribution in [0.5, 0.6) is 0 Å². The van der Waals surface area contributed by atoms with Gasteiger partial charge in [-0.05, 0) is 24.6 Å². The number of urea groups is 1. The monoisotopic (exact) mass is 222 g/mol. The van der Waals surface area contributed by atoms with E-state index in [1.807, 2.05) is 43.4 Å². The number of hydrazine groups is 1. The molecule has 5 heteroatoms. The summed E-state index contributed by atoms with van der Waals surface area (Å²) in [6.07, 6.45) is 0. The molecule has 0 aliphatic heterocycles. The average Bonchev–Trinajstić information content (AvgIpc) is 2.16. The van der Waals surface area contributed by atoms with E-state index in [1.54, 1.807) is 0 Å². The summed E-state index contributed by atoms with van der Waals surface area (Å²) >= 11 is 0. The smallest absolute Gasteiger partial charge is 0.316 e. The van der Waals surface area contributed by atoms with Crippen LogP contribution in [0.1, 0.15) is 18.5 Å². The van der Waals surface area contributed by atoms with Crippen molar-refractivity contribution in [1.29, 1.82) is 0 Å². The van der Waals surface area contributed by atoms with Gasteiger partial charge in [0.15, 0.2) is 0 Å². The molecule has 0 radical (unpaired) electrons. The Bertz CT molecular complexity index is 348. The molecule has 0 fully saturated rings. The van der Waals surface area contributed by atoms with Gasteiger partial charge in [-0.3, -0.25) is 5.01 Å². The fourth-order valence-electron chi connectivity index (χ4n) is 1.46. The number of nitrogens with zero attached hydrogens (tertiary/aromatic N) is 1. The summed E-state index contributed by atoms with van der Waals surface area (Å²) in [4.78, 5) is 10.6. The maximum absolute atomic E-state index is 10.6. The van der Waals surface area contributed by atoms with Crippen molar-refractivity contribution in [3.05, 3.63) is 29.8 Å². The molecule has 0 heterocycles. The standard InChI is InChI=1S/C11H18N4O/c1-8(14-15(2)3)9-4-6-10(7-5-9)13-11(12)16/h4-8,14H,1-3H3,(H3,12,13,16). The fourth-order valence-corrected chi connectivity index (χ4v) is 1.46. The third-order valence-electron chi connectivity index (χ3n) is 2.13. The van der Waals surface area contributed by atoms with Gasteiger partial charge < -0.3 is 11.1 Å². The Labute approximate surface area is 95.6 Å². The highest BCUT2D eigenvalue weighted by Gasteiger charge is 2.05. The molecule has 0 saturated heterocycles. The van der Waals surface area contributed by atoms with Crippen molar-refractivity contribution >= 4 is 11.7 Å². The van der Waals surface area contributed by atoms with E-state index in [-0.39, 0.29) is 6.04 Å². The third kappa shape index (κ3) is 3.88.